The zero-order chi connectivity index (χ0) is 18.6. The van der Waals surface area contributed by atoms with Crippen molar-refractivity contribution in [2.75, 3.05) is 5.32 Å². The first kappa shape index (κ1) is 18.4. The summed E-state index contributed by atoms with van der Waals surface area (Å²) in [7, 11) is -3.46. The van der Waals surface area contributed by atoms with E-state index in [-0.39, 0.29) is 16.6 Å². The van der Waals surface area contributed by atoms with Gasteiger partial charge in [0.15, 0.2) is 9.84 Å². The number of anilines is 1. The molecule has 132 valence electrons. The number of para-hydroxylation sites is 1. The summed E-state index contributed by atoms with van der Waals surface area (Å²) in [5.74, 6) is -0.455. The number of benzene rings is 3. The molecule has 3 aromatic rings. The van der Waals surface area contributed by atoms with Crippen LogP contribution in [0.15, 0.2) is 88.2 Å². The smallest absolute Gasteiger partial charge is 0.255 e. The monoisotopic (exact) mass is 429 g/mol. The van der Waals surface area contributed by atoms with E-state index in [4.69, 9.17) is 0 Å². The molecule has 0 spiro atoms. The van der Waals surface area contributed by atoms with Crippen LogP contribution in [0.2, 0.25) is 0 Å². The Morgan fingerprint density at radius 3 is 2.31 bits per heavy atom. The van der Waals surface area contributed by atoms with Crippen molar-refractivity contribution in [3.63, 3.8) is 0 Å². The normalized spacial score (nSPS) is 11.1. The highest BCUT2D eigenvalue weighted by molar-refractivity contribution is 9.10. The van der Waals surface area contributed by atoms with Crippen LogP contribution in [0, 0.1) is 0 Å². The molecule has 1 N–H and O–H groups in total. The highest BCUT2D eigenvalue weighted by Crippen LogP contribution is 2.22. The van der Waals surface area contributed by atoms with Gasteiger partial charge in [-0.2, -0.15) is 0 Å². The predicted molar refractivity (Wildman–Crippen MR) is 106 cm³/mol. The van der Waals surface area contributed by atoms with E-state index in [9.17, 15) is 13.2 Å². The van der Waals surface area contributed by atoms with Crippen LogP contribution in [-0.4, -0.2) is 14.3 Å². The number of nitrogens with one attached hydrogen (secondary N) is 1. The van der Waals surface area contributed by atoms with E-state index < -0.39 is 9.84 Å². The van der Waals surface area contributed by atoms with Crippen molar-refractivity contribution in [1.82, 2.24) is 0 Å². The second kappa shape index (κ2) is 7.85. The van der Waals surface area contributed by atoms with Crippen molar-refractivity contribution in [3.05, 3.63) is 94.5 Å². The highest BCUT2D eigenvalue weighted by atomic mass is 79.9. The van der Waals surface area contributed by atoms with E-state index in [0.717, 1.165) is 4.47 Å². The topological polar surface area (TPSA) is 63.2 Å². The Morgan fingerprint density at radius 2 is 1.58 bits per heavy atom. The molecule has 0 heterocycles. The van der Waals surface area contributed by atoms with Gasteiger partial charge in [-0.3, -0.25) is 4.79 Å². The van der Waals surface area contributed by atoms with Crippen LogP contribution in [-0.2, 0) is 15.6 Å². The lowest BCUT2D eigenvalue weighted by atomic mass is 10.1. The van der Waals surface area contributed by atoms with Crippen molar-refractivity contribution in [1.29, 1.82) is 0 Å². The molecule has 4 nitrogen and oxygen atoms in total. The van der Waals surface area contributed by atoms with Gasteiger partial charge >= 0.3 is 0 Å². The maximum Gasteiger partial charge on any atom is 0.255 e. The Labute approximate surface area is 160 Å². The maximum absolute atomic E-state index is 12.5. The number of carbonyl (C=O) groups is 1. The van der Waals surface area contributed by atoms with E-state index in [2.05, 4.69) is 21.2 Å². The molecule has 0 radical (unpaired) electrons. The lowest BCUT2D eigenvalue weighted by molar-refractivity contribution is 0.102. The van der Waals surface area contributed by atoms with Crippen molar-refractivity contribution >= 4 is 37.4 Å². The number of hydrogen-bond acceptors (Lipinski definition) is 3. The average molecular weight is 430 g/mol. The van der Waals surface area contributed by atoms with Crippen molar-refractivity contribution in [3.8, 4) is 0 Å². The second-order valence-corrected chi connectivity index (χ2v) is 8.55. The minimum atomic E-state index is -3.46. The zero-order valence-corrected chi connectivity index (χ0v) is 16.1. The first-order valence-corrected chi connectivity index (χ1v) is 10.3. The summed E-state index contributed by atoms with van der Waals surface area (Å²) in [4.78, 5) is 12.7. The first-order chi connectivity index (χ1) is 12.5. The predicted octanol–water partition coefficient (Wildman–Crippen LogP) is 4.68. The van der Waals surface area contributed by atoms with Crippen LogP contribution in [0.3, 0.4) is 0 Å². The van der Waals surface area contributed by atoms with Gasteiger partial charge in [0, 0.05) is 10.0 Å². The van der Waals surface area contributed by atoms with E-state index in [1.807, 2.05) is 18.2 Å². The van der Waals surface area contributed by atoms with E-state index >= 15 is 0 Å². The van der Waals surface area contributed by atoms with Crippen LogP contribution in [0.25, 0.3) is 0 Å². The molecule has 3 rings (SSSR count). The van der Waals surface area contributed by atoms with E-state index in [1.54, 1.807) is 60.7 Å². The number of carbonyl (C=O) groups excluding carboxylic acids is 1. The molecule has 0 saturated heterocycles. The summed E-state index contributed by atoms with van der Waals surface area (Å²) >= 11 is 3.38. The second-order valence-electron chi connectivity index (χ2n) is 5.71. The molecule has 26 heavy (non-hydrogen) atoms. The average Bonchev–Trinajstić information content (AvgIpc) is 2.64. The third kappa shape index (κ3) is 4.39. The Bertz CT molecular complexity index is 1030. The quantitative estimate of drug-likeness (QED) is 0.640. The molecular formula is C20H16BrNO3S. The number of halogens is 1. The summed E-state index contributed by atoms with van der Waals surface area (Å²) in [6.45, 7) is 0. The fraction of sp³-hybridized carbons (Fsp3) is 0.0500. The molecule has 0 aliphatic rings. The minimum absolute atomic E-state index is 0.160. The van der Waals surface area contributed by atoms with Gasteiger partial charge in [0.2, 0.25) is 0 Å². The standard InChI is InChI=1S/C20H16BrNO3S/c21-18-11-4-5-12-19(18)22-20(23)16-8-6-7-15(13-16)14-26(24,25)17-9-2-1-3-10-17/h1-13H,14H2,(H,22,23). The fourth-order valence-electron chi connectivity index (χ4n) is 2.49. The summed E-state index contributed by atoms with van der Waals surface area (Å²) in [5, 5.41) is 2.81. The van der Waals surface area contributed by atoms with Crippen molar-refractivity contribution < 1.29 is 13.2 Å². The fourth-order valence-corrected chi connectivity index (χ4v) is 4.23. The molecule has 0 aromatic heterocycles. The Hall–Kier alpha value is -2.44. The molecule has 0 atom stereocenters. The lowest BCUT2D eigenvalue weighted by Crippen LogP contribution is -2.13. The van der Waals surface area contributed by atoms with Crippen molar-refractivity contribution in [2.45, 2.75) is 10.6 Å². The summed E-state index contributed by atoms with van der Waals surface area (Å²) in [6.07, 6.45) is 0. The molecule has 0 fully saturated rings. The summed E-state index contributed by atoms with van der Waals surface area (Å²) in [6, 6.07) is 22.2. The SMILES string of the molecule is O=C(Nc1ccccc1Br)c1cccc(CS(=O)(=O)c2ccccc2)c1. The highest BCUT2D eigenvalue weighted by Gasteiger charge is 2.16. The van der Waals surface area contributed by atoms with Gasteiger partial charge in [-0.15, -0.1) is 0 Å². The van der Waals surface area contributed by atoms with Gasteiger partial charge in [-0.05, 0) is 57.9 Å². The Kier molecular flexibility index (Phi) is 5.54. The first-order valence-electron chi connectivity index (χ1n) is 7.88. The van der Waals surface area contributed by atoms with Gasteiger partial charge in [0.05, 0.1) is 16.3 Å². The molecule has 0 aliphatic heterocycles. The Balaban J connectivity index is 1.80. The molecule has 6 heteroatoms. The third-order valence-electron chi connectivity index (χ3n) is 3.77. The van der Waals surface area contributed by atoms with Gasteiger partial charge in [-0.1, -0.05) is 42.5 Å². The molecular weight excluding hydrogens is 414 g/mol. The molecule has 0 bridgehead atoms. The van der Waals surface area contributed by atoms with Crippen LogP contribution in [0.1, 0.15) is 15.9 Å². The van der Waals surface area contributed by atoms with E-state index in [1.165, 1.54) is 0 Å². The number of hydrogen-bond donors (Lipinski definition) is 1. The summed E-state index contributed by atoms with van der Waals surface area (Å²) in [5.41, 5.74) is 1.62. The van der Waals surface area contributed by atoms with Crippen LogP contribution >= 0.6 is 15.9 Å². The maximum atomic E-state index is 12.5. The van der Waals surface area contributed by atoms with Gasteiger partial charge in [-0.25, -0.2) is 8.42 Å². The van der Waals surface area contributed by atoms with Gasteiger partial charge in [0.25, 0.3) is 5.91 Å². The summed E-state index contributed by atoms with van der Waals surface area (Å²) < 4.78 is 25.8. The van der Waals surface area contributed by atoms with E-state index in [0.29, 0.717) is 16.8 Å². The molecule has 1 amide bonds. The molecule has 0 unspecified atom stereocenters. The lowest BCUT2D eigenvalue weighted by Gasteiger charge is -2.09. The van der Waals surface area contributed by atoms with Crippen LogP contribution < -0.4 is 5.32 Å². The largest absolute Gasteiger partial charge is 0.321 e. The molecule has 3 aromatic carbocycles. The van der Waals surface area contributed by atoms with Crippen LogP contribution in [0.4, 0.5) is 5.69 Å². The van der Waals surface area contributed by atoms with Gasteiger partial charge in [0.1, 0.15) is 0 Å². The molecule has 0 saturated carbocycles. The molecule has 0 aliphatic carbocycles. The minimum Gasteiger partial charge on any atom is -0.321 e. The van der Waals surface area contributed by atoms with Crippen LogP contribution in [0.5, 0.6) is 0 Å². The number of rotatable bonds is 5. The third-order valence-corrected chi connectivity index (χ3v) is 6.17. The zero-order valence-electron chi connectivity index (χ0n) is 13.7. The number of sulfone groups is 1. The number of amides is 1. The Morgan fingerprint density at radius 1 is 0.885 bits per heavy atom. The van der Waals surface area contributed by atoms with Crippen molar-refractivity contribution in [2.24, 2.45) is 0 Å². The van der Waals surface area contributed by atoms with Gasteiger partial charge < -0.3 is 5.32 Å².